The van der Waals surface area contributed by atoms with Crippen LogP contribution in [0.3, 0.4) is 0 Å². The van der Waals surface area contributed by atoms with E-state index < -0.39 is 10.3 Å². The lowest BCUT2D eigenvalue weighted by Gasteiger charge is -1.76. The van der Waals surface area contributed by atoms with Gasteiger partial charge in [-0.3, -0.25) is 0 Å². The Balaban J connectivity index is -0.000000127. The summed E-state index contributed by atoms with van der Waals surface area (Å²) >= 11 is 7.74. The molecule has 10 N–H and O–H groups in total. The molecule has 0 saturated carbocycles. The van der Waals surface area contributed by atoms with Gasteiger partial charge < -0.3 is 33.1 Å². The number of hydrogen-bond donors (Lipinski definition) is 6. The zero-order chi connectivity index (χ0) is 10.7. The van der Waals surface area contributed by atoms with Crippen LogP contribution < -0.4 is 22.9 Å². The van der Waals surface area contributed by atoms with Gasteiger partial charge in [0.15, 0.2) is 0 Å². The molecule has 1 rings (SSSR count). The molecule has 0 aromatic carbocycles. The van der Waals surface area contributed by atoms with E-state index in [1.165, 1.54) is 25.9 Å². The smallest absolute Gasteiger partial charge is 0.251 e. The van der Waals surface area contributed by atoms with Crippen LogP contribution in [0.4, 0.5) is 0 Å². The van der Waals surface area contributed by atoms with Crippen molar-refractivity contribution in [1.29, 1.82) is 0 Å². The summed E-state index contributed by atoms with van der Waals surface area (Å²) in [6, 6.07) is 0. The van der Waals surface area contributed by atoms with E-state index in [0.29, 0.717) is 0 Å². The molecule has 0 amide bonds. The molecule has 14 heavy (non-hydrogen) atoms. The maximum absolute atomic E-state index is 7.56. The maximum atomic E-state index is 7.56. The van der Waals surface area contributed by atoms with E-state index >= 15 is 0 Å². The van der Waals surface area contributed by atoms with Crippen LogP contribution in [0.15, 0.2) is 0 Å². The van der Waals surface area contributed by atoms with Crippen molar-refractivity contribution in [2.75, 3.05) is 13.1 Å². The quantitative estimate of drug-likeness (QED) is 0.329. The molecule has 8 heteroatoms. The largest absolute Gasteiger partial charge is 0.487 e. The molecule has 0 aliphatic carbocycles. The standard InChI is InChI=1S/C4H9N.2CH3NOS.H3N/c1-2-4-5-3-1;2*2-1(3)4;/h5H,1-4H2;2*(H3,2,3,4);1H3. The first-order chi connectivity index (χ1) is 5.96. The third-order valence-electron chi connectivity index (χ3n) is 0.957. The zero-order valence-electron chi connectivity index (χ0n) is 7.90. The van der Waals surface area contributed by atoms with Gasteiger partial charge in [-0.2, -0.15) is 0 Å². The Kier molecular flexibility index (Phi) is 20.1. The molecule has 1 aliphatic heterocycles. The second-order valence-electron chi connectivity index (χ2n) is 2.13. The summed E-state index contributed by atoms with van der Waals surface area (Å²) in [5.41, 5.74) is 8.80. The van der Waals surface area contributed by atoms with Crippen LogP contribution in [-0.4, -0.2) is 33.7 Å². The Morgan fingerprint density at radius 3 is 1.29 bits per heavy atom. The van der Waals surface area contributed by atoms with E-state index in [1.807, 2.05) is 0 Å². The fourth-order valence-electron chi connectivity index (χ4n) is 0.625. The second-order valence-corrected chi connectivity index (χ2v) is 2.97. The van der Waals surface area contributed by atoms with Crippen LogP contribution in [0.1, 0.15) is 12.8 Å². The number of hydrogen-bond acceptors (Lipinski definition) is 4. The lowest BCUT2D eigenvalue weighted by atomic mass is 10.4. The van der Waals surface area contributed by atoms with Crippen molar-refractivity contribution in [3.63, 3.8) is 0 Å². The summed E-state index contributed by atoms with van der Waals surface area (Å²) in [6.07, 6.45) is 2.78. The van der Waals surface area contributed by atoms with Crippen LogP contribution in [0, 0.1) is 0 Å². The number of aliphatic hydroxyl groups is 2. The van der Waals surface area contributed by atoms with E-state index in [1.54, 1.807) is 0 Å². The average molecular weight is 242 g/mol. The van der Waals surface area contributed by atoms with Gasteiger partial charge in [-0.15, -0.1) is 0 Å². The highest BCUT2D eigenvalue weighted by Gasteiger charge is 1.93. The first-order valence-corrected chi connectivity index (χ1v) is 4.46. The molecule has 1 aliphatic rings. The van der Waals surface area contributed by atoms with Crippen LogP contribution in [0.25, 0.3) is 0 Å². The Hall–Kier alpha value is -0.700. The lowest BCUT2D eigenvalue weighted by molar-refractivity contribution is 0.559. The SMILES string of the molecule is C1CCNC1.N.NC(O)=S.NC(O)=S. The Morgan fingerprint density at radius 1 is 1.00 bits per heavy atom. The highest BCUT2D eigenvalue weighted by atomic mass is 32.1. The minimum atomic E-state index is -0.500. The van der Waals surface area contributed by atoms with Crippen LogP contribution in [0.5, 0.6) is 0 Å². The van der Waals surface area contributed by atoms with Gasteiger partial charge in [0.1, 0.15) is 0 Å². The molecule has 1 fully saturated rings. The number of aliphatic hydroxyl groups excluding tert-OH is 2. The third-order valence-corrected chi connectivity index (χ3v) is 0.957. The zero-order valence-corrected chi connectivity index (χ0v) is 9.53. The van der Waals surface area contributed by atoms with Crippen molar-refractivity contribution in [2.24, 2.45) is 11.5 Å². The molecule has 0 unspecified atom stereocenters. The van der Waals surface area contributed by atoms with E-state index in [0.717, 1.165) is 0 Å². The van der Waals surface area contributed by atoms with Crippen LogP contribution in [0.2, 0.25) is 0 Å². The van der Waals surface area contributed by atoms with Crippen molar-refractivity contribution in [2.45, 2.75) is 12.8 Å². The molecule has 1 heterocycles. The third kappa shape index (κ3) is 64.8. The van der Waals surface area contributed by atoms with E-state index in [-0.39, 0.29) is 6.15 Å². The van der Waals surface area contributed by atoms with Crippen molar-refractivity contribution < 1.29 is 10.2 Å². The average Bonchev–Trinajstić information content (AvgIpc) is 2.35. The molecule has 6 nitrogen and oxygen atoms in total. The topological polar surface area (TPSA) is 140 Å². The normalized spacial score (nSPS) is 12.0. The van der Waals surface area contributed by atoms with Gasteiger partial charge in [-0.1, -0.05) is 0 Å². The highest BCUT2D eigenvalue weighted by Crippen LogP contribution is 1.90. The number of rotatable bonds is 0. The molecule has 0 aromatic heterocycles. The first-order valence-electron chi connectivity index (χ1n) is 3.64. The maximum Gasteiger partial charge on any atom is 0.251 e. The predicted molar refractivity (Wildman–Crippen MR) is 66.0 cm³/mol. The summed E-state index contributed by atoms with van der Waals surface area (Å²) in [4.78, 5) is 0. The minimum Gasteiger partial charge on any atom is -0.487 e. The van der Waals surface area contributed by atoms with Gasteiger partial charge >= 0.3 is 0 Å². The van der Waals surface area contributed by atoms with Gasteiger partial charge in [0.25, 0.3) is 10.3 Å². The van der Waals surface area contributed by atoms with Crippen molar-refractivity contribution >= 4 is 34.8 Å². The molecule has 0 spiro atoms. The molecule has 1 saturated heterocycles. The fraction of sp³-hybridized carbons (Fsp3) is 0.667. The van der Waals surface area contributed by atoms with Gasteiger partial charge in [0, 0.05) is 0 Å². The molecule has 0 atom stereocenters. The van der Waals surface area contributed by atoms with Crippen LogP contribution >= 0.6 is 24.4 Å². The Labute approximate surface area is 94.2 Å². The van der Waals surface area contributed by atoms with E-state index in [2.05, 4.69) is 41.2 Å². The molecule has 86 valence electrons. The fourth-order valence-corrected chi connectivity index (χ4v) is 0.625. The molecular weight excluding hydrogens is 224 g/mol. The Bertz CT molecular complexity index is 125. The van der Waals surface area contributed by atoms with Crippen molar-refractivity contribution in [1.82, 2.24) is 11.5 Å². The van der Waals surface area contributed by atoms with E-state index in [9.17, 15) is 0 Å². The molecule has 0 bridgehead atoms. The van der Waals surface area contributed by atoms with E-state index in [4.69, 9.17) is 10.2 Å². The summed E-state index contributed by atoms with van der Waals surface area (Å²) in [6.45, 7) is 2.50. The van der Waals surface area contributed by atoms with Gasteiger partial charge in [-0.25, -0.2) is 0 Å². The van der Waals surface area contributed by atoms with Gasteiger partial charge in [-0.05, 0) is 50.4 Å². The van der Waals surface area contributed by atoms with Crippen LogP contribution in [-0.2, 0) is 0 Å². The molecule has 0 radical (unpaired) electrons. The lowest BCUT2D eigenvalue weighted by Crippen LogP contribution is -2.03. The summed E-state index contributed by atoms with van der Waals surface area (Å²) in [7, 11) is 0. The monoisotopic (exact) mass is 242 g/mol. The molecule has 0 aromatic rings. The number of nitrogens with one attached hydrogen (secondary N) is 1. The summed E-state index contributed by atoms with van der Waals surface area (Å²) in [5, 5.41) is 17.4. The highest BCUT2D eigenvalue weighted by molar-refractivity contribution is 7.80. The second kappa shape index (κ2) is 14.8. The van der Waals surface area contributed by atoms with Gasteiger partial charge in [0.2, 0.25) is 0 Å². The first kappa shape index (κ1) is 19.0. The Morgan fingerprint density at radius 2 is 1.21 bits per heavy atom. The van der Waals surface area contributed by atoms with Crippen molar-refractivity contribution in [3.05, 3.63) is 0 Å². The minimum absolute atomic E-state index is 0. The number of thiocarbonyl (C=S) groups is 2. The number of nitrogens with two attached hydrogens (primary N) is 2. The van der Waals surface area contributed by atoms with Gasteiger partial charge in [0.05, 0.1) is 0 Å². The summed E-state index contributed by atoms with van der Waals surface area (Å²) in [5.74, 6) is 0. The summed E-state index contributed by atoms with van der Waals surface area (Å²) < 4.78 is 0. The van der Waals surface area contributed by atoms with Crippen molar-refractivity contribution in [3.8, 4) is 0 Å². The molecular formula is C6H18N4O2S2. The predicted octanol–water partition coefficient (Wildman–Crippen LogP) is 0.108.